The molecule has 0 radical (unpaired) electrons. The van der Waals surface area contributed by atoms with Crippen LogP contribution in [0.3, 0.4) is 0 Å². The molecule has 2 saturated heterocycles. The molecule has 0 amide bonds. The maximum Gasteiger partial charge on any atom is 0.140 e. The molecular formula is C17H24N4O2S. The molecule has 0 aliphatic carbocycles. The van der Waals surface area contributed by atoms with Gasteiger partial charge >= 0.3 is 0 Å². The normalized spacial score (nSPS) is 24.4. The molecule has 2 fully saturated rings. The van der Waals surface area contributed by atoms with Crippen LogP contribution in [0.1, 0.15) is 17.7 Å². The molecule has 2 aliphatic rings. The number of ether oxygens (including phenoxy) is 1. The topological polar surface area (TPSA) is 61.7 Å². The van der Waals surface area contributed by atoms with Crippen LogP contribution in [0.15, 0.2) is 12.4 Å². The fourth-order valence-electron chi connectivity index (χ4n) is 3.81. The van der Waals surface area contributed by atoms with Crippen molar-refractivity contribution in [1.29, 1.82) is 0 Å². The quantitative estimate of drug-likeness (QED) is 0.891. The standard InChI is InChI=1S/C17H24N4O2S/c1-12-8-15-16(18-11-19-17(15)24-12)20-4-2-13(3-5-20)21-6-7-23-10-14(22)9-21/h8,11,13-14,22H,2-7,9-10H2,1H3/t14-/m0/s1. The second-order valence-corrected chi connectivity index (χ2v) is 7.95. The predicted molar refractivity (Wildman–Crippen MR) is 95.8 cm³/mol. The Balaban J connectivity index is 1.45. The number of aryl methyl sites for hydroxylation is 1. The minimum absolute atomic E-state index is 0.360. The molecule has 2 aliphatic heterocycles. The fourth-order valence-corrected chi connectivity index (χ4v) is 4.65. The zero-order valence-corrected chi connectivity index (χ0v) is 14.8. The lowest BCUT2D eigenvalue weighted by atomic mass is 10.0. The number of rotatable bonds is 2. The Labute approximate surface area is 146 Å². The van der Waals surface area contributed by atoms with E-state index in [-0.39, 0.29) is 6.10 Å². The van der Waals surface area contributed by atoms with Gasteiger partial charge in [0.1, 0.15) is 17.0 Å². The molecule has 1 atom stereocenters. The first-order valence-electron chi connectivity index (χ1n) is 8.66. The van der Waals surface area contributed by atoms with E-state index in [1.807, 2.05) is 0 Å². The van der Waals surface area contributed by atoms with Gasteiger partial charge < -0.3 is 14.7 Å². The third-order valence-electron chi connectivity index (χ3n) is 4.99. The largest absolute Gasteiger partial charge is 0.389 e. The number of aromatic nitrogens is 2. The summed E-state index contributed by atoms with van der Waals surface area (Å²) in [5.74, 6) is 1.07. The van der Waals surface area contributed by atoms with Crippen molar-refractivity contribution in [1.82, 2.24) is 14.9 Å². The molecule has 0 saturated carbocycles. The summed E-state index contributed by atoms with van der Waals surface area (Å²) in [7, 11) is 0. The van der Waals surface area contributed by atoms with Crippen molar-refractivity contribution in [3.8, 4) is 0 Å². The zero-order chi connectivity index (χ0) is 16.5. The number of β-amino-alcohol motifs (C(OH)–C–C–N with tert-alkyl or cyclic N) is 1. The predicted octanol–water partition coefficient (Wildman–Crippen LogP) is 1.66. The van der Waals surface area contributed by atoms with Crippen LogP contribution in [0.25, 0.3) is 10.2 Å². The Morgan fingerprint density at radius 2 is 2.08 bits per heavy atom. The fraction of sp³-hybridized carbons (Fsp3) is 0.647. The number of nitrogens with zero attached hydrogens (tertiary/aromatic N) is 4. The number of piperidine rings is 1. The number of thiophene rings is 1. The van der Waals surface area contributed by atoms with Crippen molar-refractivity contribution >= 4 is 27.4 Å². The van der Waals surface area contributed by atoms with E-state index in [0.717, 1.165) is 56.3 Å². The Morgan fingerprint density at radius 3 is 2.92 bits per heavy atom. The first-order valence-corrected chi connectivity index (χ1v) is 9.48. The number of aliphatic hydroxyl groups is 1. The SMILES string of the molecule is Cc1cc2c(N3CCC(N4CCOC[C@@H](O)C4)CC3)ncnc2s1. The van der Waals surface area contributed by atoms with Crippen LogP contribution < -0.4 is 4.90 Å². The summed E-state index contributed by atoms with van der Waals surface area (Å²) in [6.45, 7) is 6.95. The molecule has 2 aromatic heterocycles. The molecular weight excluding hydrogens is 324 g/mol. The monoisotopic (exact) mass is 348 g/mol. The van der Waals surface area contributed by atoms with Gasteiger partial charge in [0.2, 0.25) is 0 Å². The molecule has 6 nitrogen and oxygen atoms in total. The Bertz CT molecular complexity index is 699. The molecule has 130 valence electrons. The molecule has 0 spiro atoms. The summed E-state index contributed by atoms with van der Waals surface area (Å²) in [6, 6.07) is 2.73. The third-order valence-corrected chi connectivity index (χ3v) is 5.95. The number of aliphatic hydroxyl groups excluding tert-OH is 1. The summed E-state index contributed by atoms with van der Waals surface area (Å²) in [5, 5.41) is 11.1. The van der Waals surface area contributed by atoms with E-state index < -0.39 is 0 Å². The van der Waals surface area contributed by atoms with Gasteiger partial charge in [-0.3, -0.25) is 4.90 Å². The second kappa shape index (κ2) is 6.92. The summed E-state index contributed by atoms with van der Waals surface area (Å²) >= 11 is 1.73. The zero-order valence-electron chi connectivity index (χ0n) is 14.0. The van der Waals surface area contributed by atoms with E-state index in [1.165, 1.54) is 10.3 Å². The van der Waals surface area contributed by atoms with E-state index >= 15 is 0 Å². The third kappa shape index (κ3) is 3.26. The van der Waals surface area contributed by atoms with E-state index in [1.54, 1.807) is 17.7 Å². The number of hydrogen-bond acceptors (Lipinski definition) is 7. The molecule has 24 heavy (non-hydrogen) atoms. The van der Waals surface area contributed by atoms with Crippen LogP contribution in [0.5, 0.6) is 0 Å². The molecule has 2 aromatic rings. The van der Waals surface area contributed by atoms with E-state index in [9.17, 15) is 5.11 Å². The van der Waals surface area contributed by atoms with Crippen LogP contribution in [-0.4, -0.2) is 71.5 Å². The van der Waals surface area contributed by atoms with Crippen molar-refractivity contribution in [2.75, 3.05) is 44.3 Å². The minimum atomic E-state index is -0.360. The lowest BCUT2D eigenvalue weighted by Gasteiger charge is -2.38. The summed E-state index contributed by atoms with van der Waals surface area (Å²) in [6.07, 6.45) is 3.52. The van der Waals surface area contributed by atoms with Gasteiger partial charge in [-0.15, -0.1) is 11.3 Å². The molecule has 4 rings (SSSR count). The van der Waals surface area contributed by atoms with Crippen LogP contribution >= 0.6 is 11.3 Å². The maximum absolute atomic E-state index is 9.95. The average molecular weight is 348 g/mol. The average Bonchev–Trinajstić information content (AvgIpc) is 2.84. The van der Waals surface area contributed by atoms with Crippen molar-refractivity contribution in [2.45, 2.75) is 31.9 Å². The lowest BCUT2D eigenvalue weighted by molar-refractivity contribution is 0.0534. The van der Waals surface area contributed by atoms with Gasteiger partial charge in [-0.2, -0.15) is 0 Å². The smallest absolute Gasteiger partial charge is 0.140 e. The first-order chi connectivity index (χ1) is 11.7. The molecule has 0 aromatic carbocycles. The Morgan fingerprint density at radius 1 is 1.25 bits per heavy atom. The van der Waals surface area contributed by atoms with E-state index in [4.69, 9.17) is 4.74 Å². The van der Waals surface area contributed by atoms with Gasteiger partial charge in [-0.25, -0.2) is 9.97 Å². The highest BCUT2D eigenvalue weighted by Crippen LogP contribution is 2.31. The molecule has 7 heteroatoms. The number of anilines is 1. The van der Waals surface area contributed by atoms with Crippen LogP contribution in [0.4, 0.5) is 5.82 Å². The molecule has 4 heterocycles. The minimum Gasteiger partial charge on any atom is -0.389 e. The first kappa shape index (κ1) is 16.2. The number of hydrogen-bond donors (Lipinski definition) is 1. The van der Waals surface area contributed by atoms with Crippen molar-refractivity contribution in [3.63, 3.8) is 0 Å². The van der Waals surface area contributed by atoms with Crippen molar-refractivity contribution in [2.24, 2.45) is 0 Å². The lowest BCUT2D eigenvalue weighted by Crippen LogP contribution is -2.47. The highest BCUT2D eigenvalue weighted by Gasteiger charge is 2.28. The van der Waals surface area contributed by atoms with E-state index in [2.05, 4.69) is 32.8 Å². The highest BCUT2D eigenvalue weighted by molar-refractivity contribution is 7.18. The van der Waals surface area contributed by atoms with Gasteiger partial charge in [0.25, 0.3) is 0 Å². The highest BCUT2D eigenvalue weighted by atomic mass is 32.1. The summed E-state index contributed by atoms with van der Waals surface area (Å²) in [4.78, 5) is 16.1. The van der Waals surface area contributed by atoms with Gasteiger partial charge in [0.05, 0.1) is 24.7 Å². The second-order valence-electron chi connectivity index (χ2n) is 6.72. The summed E-state index contributed by atoms with van der Waals surface area (Å²) in [5.41, 5.74) is 0. The van der Waals surface area contributed by atoms with Gasteiger partial charge in [-0.05, 0) is 25.8 Å². The molecule has 1 N–H and O–H groups in total. The van der Waals surface area contributed by atoms with Crippen LogP contribution in [0.2, 0.25) is 0 Å². The Kier molecular flexibility index (Phi) is 4.67. The van der Waals surface area contributed by atoms with Gasteiger partial charge in [0.15, 0.2) is 0 Å². The van der Waals surface area contributed by atoms with Gasteiger partial charge in [-0.1, -0.05) is 0 Å². The Hall–Kier alpha value is -1.28. The van der Waals surface area contributed by atoms with E-state index in [0.29, 0.717) is 12.6 Å². The molecule has 0 unspecified atom stereocenters. The van der Waals surface area contributed by atoms with Crippen molar-refractivity contribution < 1.29 is 9.84 Å². The van der Waals surface area contributed by atoms with Crippen LogP contribution in [-0.2, 0) is 4.74 Å². The summed E-state index contributed by atoms with van der Waals surface area (Å²) < 4.78 is 5.45. The van der Waals surface area contributed by atoms with Crippen molar-refractivity contribution in [3.05, 3.63) is 17.3 Å². The number of fused-ring (bicyclic) bond motifs is 1. The van der Waals surface area contributed by atoms with Gasteiger partial charge in [0, 0.05) is 37.1 Å². The van der Waals surface area contributed by atoms with Crippen LogP contribution in [0, 0.1) is 6.92 Å². The molecule has 0 bridgehead atoms. The maximum atomic E-state index is 9.95.